The fraction of sp³-hybridized carbons (Fsp3) is 0.281. The predicted molar refractivity (Wildman–Crippen MR) is 159 cm³/mol. The average Bonchev–Trinajstić information content (AvgIpc) is 3.24. The van der Waals surface area contributed by atoms with Gasteiger partial charge in [0.15, 0.2) is 0 Å². The van der Waals surface area contributed by atoms with E-state index in [1.54, 1.807) is 39.7 Å². The second-order valence-electron chi connectivity index (χ2n) is 10.9. The van der Waals surface area contributed by atoms with Crippen LogP contribution < -0.4 is 5.69 Å². The number of carboxylic acids is 1. The van der Waals surface area contributed by atoms with Gasteiger partial charge in [-0.2, -0.15) is 0 Å². The molecule has 1 aliphatic rings. The lowest BCUT2D eigenvalue weighted by atomic mass is 9.71. The van der Waals surface area contributed by atoms with Crippen molar-refractivity contribution in [3.05, 3.63) is 89.2 Å². The van der Waals surface area contributed by atoms with Gasteiger partial charge in [-0.1, -0.05) is 37.6 Å². The molecule has 1 fully saturated rings. The van der Waals surface area contributed by atoms with E-state index >= 15 is 0 Å². The van der Waals surface area contributed by atoms with Crippen LogP contribution in [0, 0.1) is 0 Å². The molecule has 1 N–H and O–H groups in total. The van der Waals surface area contributed by atoms with Gasteiger partial charge in [0.1, 0.15) is 0 Å². The van der Waals surface area contributed by atoms with E-state index in [0.29, 0.717) is 17.8 Å². The predicted octanol–water partition coefficient (Wildman–Crippen LogP) is 4.90. The van der Waals surface area contributed by atoms with Crippen LogP contribution in [0.4, 0.5) is 4.79 Å². The zero-order chi connectivity index (χ0) is 29.4. The highest BCUT2D eigenvalue weighted by atomic mass is 16.6. The molecule has 0 spiro atoms. The summed E-state index contributed by atoms with van der Waals surface area (Å²) in [6.45, 7) is 2.88. The third-order valence-electron chi connectivity index (χ3n) is 8.07. The number of nitrogens with zero attached hydrogens (tertiary/aromatic N) is 5. The third-order valence-corrected chi connectivity index (χ3v) is 8.07. The Balaban J connectivity index is 1.39. The van der Waals surface area contributed by atoms with Gasteiger partial charge >= 0.3 is 17.8 Å². The maximum atomic E-state index is 13.6. The summed E-state index contributed by atoms with van der Waals surface area (Å²) in [6.07, 6.45) is 6.39. The van der Waals surface area contributed by atoms with E-state index in [4.69, 9.17) is 4.74 Å². The van der Waals surface area contributed by atoms with Crippen LogP contribution in [0.3, 0.4) is 0 Å². The minimum absolute atomic E-state index is 0.118. The molecule has 6 rings (SSSR count). The van der Waals surface area contributed by atoms with Crippen LogP contribution in [0.2, 0.25) is 0 Å². The van der Waals surface area contributed by atoms with E-state index < -0.39 is 17.5 Å². The normalized spacial score (nSPS) is 14.2. The summed E-state index contributed by atoms with van der Waals surface area (Å²) in [4.78, 5) is 48.2. The Labute approximate surface area is 241 Å². The molecule has 2 aromatic carbocycles. The van der Waals surface area contributed by atoms with Gasteiger partial charge in [0, 0.05) is 48.9 Å². The van der Waals surface area contributed by atoms with Crippen molar-refractivity contribution in [2.45, 2.75) is 31.6 Å². The summed E-state index contributed by atoms with van der Waals surface area (Å²) in [5.41, 5.74) is 4.59. The fourth-order valence-electron chi connectivity index (χ4n) is 5.81. The number of imidazole rings is 1. The van der Waals surface area contributed by atoms with Crippen LogP contribution in [-0.2, 0) is 22.0 Å². The second kappa shape index (κ2) is 10.8. The van der Waals surface area contributed by atoms with E-state index in [0.717, 1.165) is 46.0 Å². The van der Waals surface area contributed by atoms with Crippen molar-refractivity contribution in [2.75, 3.05) is 19.7 Å². The molecule has 1 amide bonds. The van der Waals surface area contributed by atoms with E-state index in [-0.39, 0.29) is 25.2 Å². The molecule has 0 aliphatic carbocycles. The molecule has 4 heterocycles. The number of carbonyl (C=O) groups is 2. The molecule has 3 aromatic heterocycles. The lowest BCUT2D eigenvalue weighted by Gasteiger charge is -2.49. The second-order valence-corrected chi connectivity index (χ2v) is 10.9. The van der Waals surface area contributed by atoms with Crippen molar-refractivity contribution in [1.82, 2.24) is 24.0 Å². The Morgan fingerprint density at radius 3 is 2.52 bits per heavy atom. The average molecular weight is 566 g/mol. The van der Waals surface area contributed by atoms with Gasteiger partial charge in [0.2, 0.25) is 0 Å². The highest BCUT2D eigenvalue weighted by Gasteiger charge is 2.48. The number of carbonyl (C=O) groups excluding carboxylic acids is 1. The Kier molecular flexibility index (Phi) is 6.97. The first kappa shape index (κ1) is 27.2. The molecule has 0 unspecified atom stereocenters. The molecule has 1 saturated heterocycles. The molecule has 42 heavy (non-hydrogen) atoms. The standard InChI is InChI=1S/C32H31N5O5/c1-3-4-14-42-31(41)36-19-32(20-36,16-28(38)39)23-8-10-24(11-9-23)37-29-25-15-21(22-6-5-13-33-17-22)7-12-26(25)34-18-27(29)35(2)30(37)40/h5-13,15,17-18H,3-4,14,16,19-20H2,1-2H3,(H,38,39). The largest absolute Gasteiger partial charge is 0.481 e. The van der Waals surface area contributed by atoms with Crippen LogP contribution in [0.1, 0.15) is 31.7 Å². The minimum atomic E-state index is -0.938. The number of hydrogen-bond donors (Lipinski definition) is 1. The number of benzene rings is 2. The maximum Gasteiger partial charge on any atom is 0.409 e. The number of carboxylic acid groups (broad SMARTS) is 1. The van der Waals surface area contributed by atoms with Gasteiger partial charge in [-0.05, 0) is 47.9 Å². The van der Waals surface area contributed by atoms with Gasteiger partial charge in [-0.25, -0.2) is 9.59 Å². The fourth-order valence-corrected chi connectivity index (χ4v) is 5.81. The van der Waals surface area contributed by atoms with Crippen molar-refractivity contribution in [3.63, 3.8) is 0 Å². The summed E-state index contributed by atoms with van der Waals surface area (Å²) >= 11 is 0. The van der Waals surface area contributed by atoms with Crippen LogP contribution in [0.5, 0.6) is 0 Å². The summed E-state index contributed by atoms with van der Waals surface area (Å²) in [5.74, 6) is -0.938. The van der Waals surface area contributed by atoms with E-state index in [2.05, 4.69) is 9.97 Å². The topological polar surface area (TPSA) is 120 Å². The summed E-state index contributed by atoms with van der Waals surface area (Å²) < 4.78 is 8.56. The molecular formula is C32H31N5O5. The minimum Gasteiger partial charge on any atom is -0.481 e. The molecule has 0 atom stereocenters. The van der Waals surface area contributed by atoms with Gasteiger partial charge in [0.25, 0.3) is 0 Å². The van der Waals surface area contributed by atoms with E-state index in [1.165, 1.54) is 0 Å². The van der Waals surface area contributed by atoms with Crippen LogP contribution in [-0.4, -0.2) is 60.9 Å². The van der Waals surface area contributed by atoms with Crippen LogP contribution >= 0.6 is 0 Å². The Bertz CT molecular complexity index is 1850. The first-order valence-electron chi connectivity index (χ1n) is 14.0. The molecule has 10 heteroatoms. The monoisotopic (exact) mass is 565 g/mol. The Morgan fingerprint density at radius 1 is 1.05 bits per heavy atom. The quantitative estimate of drug-likeness (QED) is 0.266. The number of aryl methyl sites for hydroxylation is 1. The first-order chi connectivity index (χ1) is 20.3. The van der Waals surface area contributed by atoms with E-state index in [1.807, 2.05) is 61.5 Å². The highest BCUT2D eigenvalue weighted by molar-refractivity contribution is 6.04. The molecule has 1 aliphatic heterocycles. The van der Waals surface area contributed by atoms with E-state index in [9.17, 15) is 19.5 Å². The van der Waals surface area contributed by atoms with Crippen molar-refractivity contribution in [1.29, 1.82) is 0 Å². The number of fused-ring (bicyclic) bond motifs is 3. The Morgan fingerprint density at radius 2 is 1.83 bits per heavy atom. The molecule has 10 nitrogen and oxygen atoms in total. The van der Waals surface area contributed by atoms with Crippen molar-refractivity contribution in [3.8, 4) is 16.8 Å². The first-order valence-corrected chi connectivity index (χ1v) is 14.0. The molecule has 0 bridgehead atoms. The molecule has 0 radical (unpaired) electrons. The number of hydrogen-bond acceptors (Lipinski definition) is 6. The SMILES string of the molecule is CCCCOC(=O)N1CC(CC(=O)O)(c2ccc(-n3c(=O)n(C)c4cnc5ccc(-c6cccnc6)cc5c43)cc2)C1. The lowest BCUT2D eigenvalue weighted by molar-refractivity contribution is -0.140. The Hall–Kier alpha value is -4.99. The zero-order valence-electron chi connectivity index (χ0n) is 23.5. The summed E-state index contributed by atoms with van der Waals surface area (Å²) in [7, 11) is 1.72. The third kappa shape index (κ3) is 4.68. The lowest BCUT2D eigenvalue weighted by Crippen LogP contribution is -2.62. The number of rotatable bonds is 8. The number of ether oxygens (including phenoxy) is 1. The van der Waals surface area contributed by atoms with Crippen molar-refractivity contribution >= 4 is 34.0 Å². The number of unbranched alkanes of at least 4 members (excludes halogenated alkanes) is 1. The zero-order valence-corrected chi connectivity index (χ0v) is 23.5. The number of likely N-dealkylation sites (tertiary alicyclic amines) is 1. The highest BCUT2D eigenvalue weighted by Crippen LogP contribution is 2.39. The molecule has 214 valence electrons. The smallest absolute Gasteiger partial charge is 0.409 e. The van der Waals surface area contributed by atoms with Crippen LogP contribution in [0.25, 0.3) is 38.8 Å². The van der Waals surface area contributed by atoms with Crippen molar-refractivity contribution in [2.24, 2.45) is 7.05 Å². The van der Waals surface area contributed by atoms with Crippen LogP contribution in [0.15, 0.2) is 78.0 Å². The van der Waals surface area contributed by atoms with Crippen molar-refractivity contribution < 1.29 is 19.4 Å². The number of aliphatic carboxylic acids is 1. The van der Waals surface area contributed by atoms with Gasteiger partial charge in [0.05, 0.1) is 41.5 Å². The summed E-state index contributed by atoms with van der Waals surface area (Å²) in [5, 5.41) is 10.5. The van der Waals surface area contributed by atoms with Gasteiger partial charge < -0.3 is 14.7 Å². The molecule has 5 aromatic rings. The maximum absolute atomic E-state index is 13.6. The number of pyridine rings is 2. The number of amides is 1. The van der Waals surface area contributed by atoms with Gasteiger partial charge in [-0.15, -0.1) is 0 Å². The molecular weight excluding hydrogens is 534 g/mol. The molecule has 0 saturated carbocycles. The summed E-state index contributed by atoms with van der Waals surface area (Å²) in [6, 6.07) is 17.2. The number of aromatic nitrogens is 4. The van der Waals surface area contributed by atoms with Gasteiger partial charge in [-0.3, -0.25) is 23.9 Å².